The lowest BCUT2D eigenvalue weighted by Gasteiger charge is -2.08. The molecule has 0 aliphatic carbocycles. The van der Waals surface area contributed by atoms with Crippen molar-refractivity contribution in [1.29, 1.82) is 0 Å². The van der Waals surface area contributed by atoms with Gasteiger partial charge in [0.2, 0.25) is 0 Å². The fourth-order valence-corrected chi connectivity index (χ4v) is 3.12. The Kier molecular flexibility index (Phi) is 4.06. The number of rotatable bonds is 4. The van der Waals surface area contributed by atoms with Gasteiger partial charge in [-0.2, -0.15) is 5.10 Å². The van der Waals surface area contributed by atoms with Crippen molar-refractivity contribution >= 4 is 15.7 Å². The van der Waals surface area contributed by atoms with Gasteiger partial charge in [-0.3, -0.25) is 4.72 Å². The van der Waals surface area contributed by atoms with E-state index in [1.165, 1.54) is 36.4 Å². The molecule has 2 aromatic carbocycles. The molecule has 24 heavy (non-hydrogen) atoms. The summed E-state index contributed by atoms with van der Waals surface area (Å²) in [5.74, 6) is -1.23. The molecule has 0 atom stereocenters. The van der Waals surface area contributed by atoms with Crippen LogP contribution in [0, 0.1) is 18.6 Å². The number of hydrogen-bond acceptors (Lipinski definition) is 3. The predicted octanol–water partition coefficient (Wildman–Crippen LogP) is 3.26. The van der Waals surface area contributed by atoms with E-state index in [0.717, 1.165) is 17.1 Å². The average Bonchev–Trinajstić information content (AvgIpc) is 3.02. The Balaban J connectivity index is 1.94. The van der Waals surface area contributed by atoms with Crippen LogP contribution in [0.4, 0.5) is 14.5 Å². The number of aryl methyl sites for hydroxylation is 1. The molecular weight excluding hydrogens is 336 g/mol. The van der Waals surface area contributed by atoms with Crippen LogP contribution in [0.5, 0.6) is 0 Å². The molecule has 0 saturated heterocycles. The first-order valence-electron chi connectivity index (χ1n) is 6.95. The Morgan fingerprint density at radius 1 is 1.08 bits per heavy atom. The highest BCUT2D eigenvalue weighted by molar-refractivity contribution is 7.92. The molecule has 0 amide bonds. The molecule has 0 spiro atoms. The number of anilines is 1. The highest BCUT2D eigenvalue weighted by Gasteiger charge is 2.19. The summed E-state index contributed by atoms with van der Waals surface area (Å²) in [5.41, 5.74) is 0.658. The van der Waals surface area contributed by atoms with E-state index in [-0.39, 0.29) is 16.3 Å². The van der Waals surface area contributed by atoms with Gasteiger partial charge in [-0.15, -0.1) is 0 Å². The van der Waals surface area contributed by atoms with E-state index in [4.69, 9.17) is 0 Å². The van der Waals surface area contributed by atoms with Crippen molar-refractivity contribution in [3.63, 3.8) is 0 Å². The Morgan fingerprint density at radius 3 is 2.58 bits per heavy atom. The van der Waals surface area contributed by atoms with Gasteiger partial charge in [-0.25, -0.2) is 21.9 Å². The lowest BCUT2D eigenvalue weighted by molar-refractivity contribution is 0.598. The monoisotopic (exact) mass is 349 g/mol. The number of aromatic nitrogens is 2. The minimum atomic E-state index is -4.05. The topological polar surface area (TPSA) is 64.0 Å². The Morgan fingerprint density at radius 2 is 1.83 bits per heavy atom. The van der Waals surface area contributed by atoms with Gasteiger partial charge in [0.25, 0.3) is 10.0 Å². The Labute approximate surface area is 137 Å². The Bertz CT molecular complexity index is 1000. The second-order valence-electron chi connectivity index (χ2n) is 5.16. The molecule has 0 unspecified atom stereocenters. The fourth-order valence-electron chi connectivity index (χ4n) is 2.14. The molecule has 124 valence electrons. The molecule has 1 N–H and O–H groups in total. The summed E-state index contributed by atoms with van der Waals surface area (Å²) in [6.07, 6.45) is 2.23. The van der Waals surface area contributed by atoms with Gasteiger partial charge in [0.05, 0.1) is 18.1 Å². The second kappa shape index (κ2) is 6.04. The van der Waals surface area contributed by atoms with E-state index in [1.54, 1.807) is 13.0 Å². The SMILES string of the molecule is Cc1ccc(F)c(NS(=O)(=O)c2cnn(-c3ccccc3F)c2)c1. The molecule has 8 heteroatoms. The minimum absolute atomic E-state index is 0.112. The van der Waals surface area contributed by atoms with Crippen molar-refractivity contribution in [2.45, 2.75) is 11.8 Å². The predicted molar refractivity (Wildman–Crippen MR) is 85.5 cm³/mol. The van der Waals surface area contributed by atoms with E-state index in [0.29, 0.717) is 5.56 Å². The summed E-state index contributed by atoms with van der Waals surface area (Å²) in [5, 5.41) is 3.86. The molecule has 0 saturated carbocycles. The first kappa shape index (κ1) is 16.1. The molecule has 3 aromatic rings. The van der Waals surface area contributed by atoms with Crippen molar-refractivity contribution in [1.82, 2.24) is 9.78 Å². The Hall–Kier alpha value is -2.74. The van der Waals surface area contributed by atoms with Crippen LogP contribution in [-0.4, -0.2) is 18.2 Å². The van der Waals surface area contributed by atoms with E-state index in [2.05, 4.69) is 9.82 Å². The number of para-hydroxylation sites is 1. The summed E-state index contributed by atoms with van der Waals surface area (Å²) in [4.78, 5) is -0.202. The number of nitrogens with one attached hydrogen (secondary N) is 1. The number of nitrogens with zero attached hydrogens (tertiary/aromatic N) is 2. The van der Waals surface area contributed by atoms with Gasteiger partial charge in [-0.05, 0) is 36.8 Å². The average molecular weight is 349 g/mol. The van der Waals surface area contributed by atoms with Gasteiger partial charge >= 0.3 is 0 Å². The molecule has 0 radical (unpaired) electrons. The first-order chi connectivity index (χ1) is 11.4. The molecule has 5 nitrogen and oxygen atoms in total. The van der Waals surface area contributed by atoms with E-state index < -0.39 is 21.7 Å². The standard InChI is InChI=1S/C16H13F2N3O2S/c1-11-6-7-13(17)15(8-11)20-24(22,23)12-9-19-21(10-12)16-5-3-2-4-14(16)18/h2-10,20H,1H3. The maximum absolute atomic E-state index is 13.7. The molecular formula is C16H13F2N3O2S. The van der Waals surface area contributed by atoms with Crippen molar-refractivity contribution in [3.05, 3.63) is 72.1 Å². The quantitative estimate of drug-likeness (QED) is 0.786. The molecule has 0 bridgehead atoms. The second-order valence-corrected chi connectivity index (χ2v) is 6.84. The zero-order chi connectivity index (χ0) is 17.3. The minimum Gasteiger partial charge on any atom is -0.277 e. The smallest absolute Gasteiger partial charge is 0.265 e. The van der Waals surface area contributed by atoms with Crippen LogP contribution in [0.3, 0.4) is 0 Å². The maximum Gasteiger partial charge on any atom is 0.265 e. The highest BCUT2D eigenvalue weighted by Crippen LogP contribution is 2.21. The number of sulfonamides is 1. The lowest BCUT2D eigenvalue weighted by Crippen LogP contribution is -2.13. The van der Waals surface area contributed by atoms with Gasteiger partial charge in [0.15, 0.2) is 0 Å². The van der Waals surface area contributed by atoms with Crippen molar-refractivity contribution in [3.8, 4) is 5.69 Å². The number of hydrogen-bond donors (Lipinski definition) is 1. The maximum atomic E-state index is 13.7. The summed E-state index contributed by atoms with van der Waals surface area (Å²) >= 11 is 0. The molecule has 1 heterocycles. The molecule has 0 fully saturated rings. The normalized spacial score (nSPS) is 11.5. The van der Waals surface area contributed by atoms with Crippen molar-refractivity contribution in [2.24, 2.45) is 0 Å². The van der Waals surface area contributed by atoms with Crippen LogP contribution in [0.2, 0.25) is 0 Å². The lowest BCUT2D eigenvalue weighted by atomic mass is 10.2. The van der Waals surface area contributed by atoms with Gasteiger partial charge in [0, 0.05) is 0 Å². The third-order valence-corrected chi connectivity index (χ3v) is 4.65. The zero-order valence-corrected chi connectivity index (χ0v) is 13.4. The summed E-state index contributed by atoms with van der Waals surface area (Å²) in [6.45, 7) is 1.72. The molecule has 0 aliphatic rings. The molecule has 0 aliphatic heterocycles. The number of benzene rings is 2. The third kappa shape index (κ3) is 3.13. The summed E-state index contributed by atoms with van der Waals surface area (Å²) in [7, 11) is -4.05. The summed E-state index contributed by atoms with van der Waals surface area (Å²) < 4.78 is 55.5. The van der Waals surface area contributed by atoms with Crippen LogP contribution in [0.1, 0.15) is 5.56 Å². The van der Waals surface area contributed by atoms with Gasteiger partial charge in [0.1, 0.15) is 22.2 Å². The fraction of sp³-hybridized carbons (Fsp3) is 0.0625. The van der Waals surface area contributed by atoms with Crippen LogP contribution in [0.15, 0.2) is 59.8 Å². The first-order valence-corrected chi connectivity index (χ1v) is 8.44. The zero-order valence-electron chi connectivity index (χ0n) is 12.6. The van der Waals surface area contributed by atoms with Gasteiger partial charge < -0.3 is 0 Å². The van der Waals surface area contributed by atoms with Crippen molar-refractivity contribution < 1.29 is 17.2 Å². The van der Waals surface area contributed by atoms with Crippen LogP contribution in [0.25, 0.3) is 5.69 Å². The summed E-state index contributed by atoms with van der Waals surface area (Å²) in [6, 6.07) is 9.92. The van der Waals surface area contributed by atoms with Crippen LogP contribution < -0.4 is 4.72 Å². The van der Waals surface area contributed by atoms with Crippen LogP contribution in [-0.2, 0) is 10.0 Å². The molecule has 1 aromatic heterocycles. The van der Waals surface area contributed by atoms with E-state index >= 15 is 0 Å². The van der Waals surface area contributed by atoms with E-state index in [9.17, 15) is 17.2 Å². The largest absolute Gasteiger partial charge is 0.277 e. The van der Waals surface area contributed by atoms with Gasteiger partial charge in [-0.1, -0.05) is 18.2 Å². The third-order valence-electron chi connectivity index (χ3n) is 3.33. The number of halogens is 2. The highest BCUT2D eigenvalue weighted by atomic mass is 32.2. The van der Waals surface area contributed by atoms with E-state index in [1.807, 2.05) is 0 Å². The molecule has 3 rings (SSSR count). The van der Waals surface area contributed by atoms with Crippen LogP contribution >= 0.6 is 0 Å². The van der Waals surface area contributed by atoms with Crippen molar-refractivity contribution in [2.75, 3.05) is 4.72 Å².